The Morgan fingerprint density at radius 3 is 1.97 bits per heavy atom. The van der Waals surface area contributed by atoms with Gasteiger partial charge in [-0.25, -0.2) is 0 Å². The molecule has 0 atom stereocenters. The van der Waals surface area contributed by atoms with Gasteiger partial charge in [0, 0.05) is 39.8 Å². The molecule has 0 spiro atoms. The molecule has 168 valence electrons. The topological polar surface area (TPSA) is 65.5 Å². The van der Waals surface area contributed by atoms with Crippen LogP contribution in [-0.4, -0.2) is 22.4 Å². The van der Waals surface area contributed by atoms with Crippen LogP contribution in [0.3, 0.4) is 0 Å². The van der Waals surface area contributed by atoms with Gasteiger partial charge in [0.2, 0.25) is 0 Å². The second kappa shape index (κ2) is 9.15. The Morgan fingerprint density at radius 1 is 0.629 bits per heavy atom. The van der Waals surface area contributed by atoms with Crippen molar-refractivity contribution in [3.05, 3.63) is 121 Å². The Bertz CT molecular complexity index is 1620. The van der Waals surface area contributed by atoms with Gasteiger partial charge in [-0.1, -0.05) is 36.4 Å². The van der Waals surface area contributed by atoms with Crippen LogP contribution in [0, 0.1) is 0 Å². The largest absolute Gasteiger partial charge is 0.457 e. The third-order valence-corrected chi connectivity index (χ3v) is 5.79. The zero-order valence-electron chi connectivity index (χ0n) is 18.8. The maximum Gasteiger partial charge on any atom is 0.127 e. The molecule has 0 bridgehead atoms. The van der Waals surface area contributed by atoms with Gasteiger partial charge >= 0.3 is 0 Å². The Balaban J connectivity index is 1.09. The van der Waals surface area contributed by atoms with Crippen LogP contribution in [0.5, 0.6) is 11.5 Å². The normalized spacial score (nSPS) is 11.8. The molecule has 0 saturated carbocycles. The summed E-state index contributed by atoms with van der Waals surface area (Å²) in [6.07, 6.45) is 5.69. The molecule has 6 rings (SSSR count). The number of benzene rings is 4. The molecule has 5 heteroatoms. The van der Waals surface area contributed by atoms with E-state index in [1.54, 1.807) is 0 Å². The third kappa shape index (κ3) is 4.61. The third-order valence-electron chi connectivity index (χ3n) is 5.79. The van der Waals surface area contributed by atoms with Gasteiger partial charge < -0.3 is 14.7 Å². The molecule has 2 aromatic heterocycles. The van der Waals surface area contributed by atoms with Gasteiger partial charge in [0.05, 0.1) is 23.3 Å². The summed E-state index contributed by atoms with van der Waals surface area (Å²) in [5.74, 6) is 1.51. The van der Waals surface area contributed by atoms with Crippen LogP contribution in [0.1, 0.15) is 11.3 Å². The van der Waals surface area contributed by atoms with Crippen LogP contribution in [0.25, 0.3) is 21.8 Å². The highest BCUT2D eigenvalue weighted by Crippen LogP contribution is 2.26. The van der Waals surface area contributed by atoms with Crippen molar-refractivity contribution in [2.75, 3.05) is 0 Å². The van der Waals surface area contributed by atoms with Crippen molar-refractivity contribution < 1.29 is 4.74 Å². The molecule has 0 aliphatic carbocycles. The fourth-order valence-corrected chi connectivity index (χ4v) is 3.99. The summed E-state index contributed by atoms with van der Waals surface area (Å²) in [4.78, 5) is 15.8. The average molecular weight is 455 g/mol. The van der Waals surface area contributed by atoms with Crippen LogP contribution in [0.15, 0.2) is 119 Å². The van der Waals surface area contributed by atoms with E-state index in [1.807, 2.05) is 91.4 Å². The Morgan fingerprint density at radius 2 is 1.26 bits per heavy atom. The number of ether oxygens (including phenoxy) is 1. The van der Waals surface area contributed by atoms with E-state index in [-0.39, 0.29) is 0 Å². The number of aliphatic imine (C=N–C) groups is 2. The molecule has 0 fully saturated rings. The van der Waals surface area contributed by atoms with Crippen molar-refractivity contribution in [3.8, 4) is 11.5 Å². The second-order valence-electron chi connectivity index (χ2n) is 8.21. The minimum absolute atomic E-state index is 0.754. The van der Waals surface area contributed by atoms with Crippen LogP contribution in [0.4, 0.5) is 11.4 Å². The van der Waals surface area contributed by atoms with E-state index in [0.717, 1.165) is 50.6 Å². The van der Waals surface area contributed by atoms with E-state index in [9.17, 15) is 0 Å². The van der Waals surface area contributed by atoms with Crippen LogP contribution in [0.2, 0.25) is 0 Å². The van der Waals surface area contributed by atoms with Crippen LogP contribution >= 0.6 is 0 Å². The zero-order chi connectivity index (χ0) is 23.5. The minimum atomic E-state index is 0.754. The highest BCUT2D eigenvalue weighted by Gasteiger charge is 2.02. The molecule has 0 radical (unpaired) electrons. The first-order valence-electron chi connectivity index (χ1n) is 11.4. The molecular formula is C30H22N4O. The maximum atomic E-state index is 5.98. The van der Waals surface area contributed by atoms with Crippen molar-refractivity contribution in [1.82, 2.24) is 9.97 Å². The van der Waals surface area contributed by atoms with E-state index in [4.69, 9.17) is 4.74 Å². The fourth-order valence-electron chi connectivity index (χ4n) is 3.99. The highest BCUT2D eigenvalue weighted by molar-refractivity contribution is 5.99. The van der Waals surface area contributed by atoms with Crippen molar-refractivity contribution in [1.29, 1.82) is 0 Å². The molecule has 0 saturated heterocycles. The van der Waals surface area contributed by atoms with E-state index >= 15 is 0 Å². The molecule has 0 aliphatic rings. The number of aromatic amines is 2. The van der Waals surface area contributed by atoms with E-state index in [1.165, 1.54) is 5.39 Å². The van der Waals surface area contributed by atoms with Crippen LogP contribution in [-0.2, 0) is 0 Å². The number of rotatable bonds is 6. The van der Waals surface area contributed by atoms with Crippen LogP contribution < -0.4 is 4.74 Å². The molecule has 35 heavy (non-hydrogen) atoms. The Kier molecular flexibility index (Phi) is 5.41. The van der Waals surface area contributed by atoms with Crippen molar-refractivity contribution in [2.45, 2.75) is 0 Å². The van der Waals surface area contributed by atoms with Gasteiger partial charge in [-0.3, -0.25) is 9.98 Å². The quantitative estimate of drug-likeness (QED) is 0.246. The molecule has 2 N–H and O–H groups in total. The van der Waals surface area contributed by atoms with E-state index in [0.29, 0.717) is 0 Å². The second-order valence-corrected chi connectivity index (χ2v) is 8.21. The lowest BCUT2D eigenvalue weighted by Gasteiger charge is -2.06. The number of hydrogen-bond donors (Lipinski definition) is 2. The summed E-state index contributed by atoms with van der Waals surface area (Å²) in [5.41, 5.74) is 5.97. The predicted octanol–water partition coefficient (Wildman–Crippen LogP) is 7.94. The lowest BCUT2D eigenvalue weighted by Crippen LogP contribution is -1.83. The smallest absolute Gasteiger partial charge is 0.127 e. The van der Waals surface area contributed by atoms with E-state index in [2.05, 4.69) is 50.3 Å². The predicted molar refractivity (Wildman–Crippen MR) is 144 cm³/mol. The van der Waals surface area contributed by atoms with E-state index < -0.39 is 0 Å². The summed E-state index contributed by atoms with van der Waals surface area (Å²) in [5, 5.41) is 2.33. The summed E-state index contributed by atoms with van der Waals surface area (Å²) >= 11 is 0. The average Bonchev–Trinajstić information content (AvgIpc) is 3.52. The van der Waals surface area contributed by atoms with Gasteiger partial charge in [-0.15, -0.1) is 0 Å². The molecule has 5 nitrogen and oxygen atoms in total. The summed E-state index contributed by atoms with van der Waals surface area (Å²) in [6.45, 7) is 0. The standard InChI is InChI=1S/C30H22N4O/c1-3-7-29-21(5-1)17-25(34-29)20-32-24-11-15-27(16-12-24)35-26-13-9-23(10-14-26)31-18-22-19-33-30-8-4-2-6-28(22)30/h1-20,33-34H. The SMILES string of the molecule is C(=Nc1ccc(Oc2ccc(N=Cc3c[nH]c4ccccc34)cc2)cc1)c1cc2ccccc2[nH]1. The highest BCUT2D eigenvalue weighted by atomic mass is 16.5. The Hall–Kier alpha value is -4.90. The number of nitrogens with zero attached hydrogens (tertiary/aromatic N) is 2. The molecule has 0 unspecified atom stereocenters. The van der Waals surface area contributed by atoms with Gasteiger partial charge in [-0.2, -0.15) is 0 Å². The first kappa shape index (κ1) is 20.7. The maximum absolute atomic E-state index is 5.98. The summed E-state index contributed by atoms with van der Waals surface area (Å²) < 4.78 is 5.98. The fraction of sp³-hybridized carbons (Fsp3) is 0. The summed E-state index contributed by atoms with van der Waals surface area (Å²) in [6, 6.07) is 33.9. The number of fused-ring (bicyclic) bond motifs is 2. The molecule has 0 amide bonds. The Labute approximate surface area is 202 Å². The van der Waals surface area contributed by atoms with Gasteiger partial charge in [0.15, 0.2) is 0 Å². The van der Waals surface area contributed by atoms with Gasteiger partial charge in [0.25, 0.3) is 0 Å². The number of hydrogen-bond acceptors (Lipinski definition) is 3. The molecule has 4 aromatic carbocycles. The van der Waals surface area contributed by atoms with Gasteiger partial charge in [0.1, 0.15) is 11.5 Å². The van der Waals surface area contributed by atoms with Crippen molar-refractivity contribution in [3.63, 3.8) is 0 Å². The summed E-state index contributed by atoms with van der Waals surface area (Å²) in [7, 11) is 0. The first-order valence-corrected chi connectivity index (χ1v) is 11.4. The van der Waals surface area contributed by atoms with Gasteiger partial charge in [-0.05, 0) is 66.7 Å². The number of aromatic nitrogens is 2. The number of nitrogens with one attached hydrogen (secondary N) is 2. The molecular weight excluding hydrogens is 432 g/mol. The zero-order valence-corrected chi connectivity index (χ0v) is 18.8. The first-order chi connectivity index (χ1) is 17.3. The molecule has 0 aliphatic heterocycles. The monoisotopic (exact) mass is 454 g/mol. The number of H-pyrrole nitrogens is 2. The molecule has 6 aromatic rings. The lowest BCUT2D eigenvalue weighted by atomic mass is 10.2. The molecule has 2 heterocycles. The minimum Gasteiger partial charge on any atom is -0.457 e. The van der Waals surface area contributed by atoms with Crippen molar-refractivity contribution >= 4 is 45.6 Å². The van der Waals surface area contributed by atoms with Crippen molar-refractivity contribution in [2.24, 2.45) is 9.98 Å². The lowest BCUT2D eigenvalue weighted by molar-refractivity contribution is 0.483. The number of para-hydroxylation sites is 2.